The van der Waals surface area contributed by atoms with Gasteiger partial charge in [0.15, 0.2) is 15.1 Å². The van der Waals surface area contributed by atoms with Gasteiger partial charge >= 0.3 is 5.97 Å². The van der Waals surface area contributed by atoms with Crippen molar-refractivity contribution in [2.24, 2.45) is 5.73 Å². The van der Waals surface area contributed by atoms with Gasteiger partial charge in [0.1, 0.15) is 6.04 Å². The molecule has 3 atom stereocenters. The number of amides is 3. The van der Waals surface area contributed by atoms with Crippen LogP contribution in [-0.2, 0) is 33.8 Å². The second-order valence-electron chi connectivity index (χ2n) is 5.54. The lowest BCUT2D eigenvalue weighted by molar-refractivity contribution is -0.155. The number of ether oxygens (including phenoxy) is 1. The van der Waals surface area contributed by atoms with E-state index in [0.29, 0.717) is 0 Å². The molecule has 2 aliphatic rings. The molecule has 0 aromatic carbocycles. The molecule has 0 aromatic rings. The Labute approximate surface area is 137 Å². The largest absolute Gasteiger partial charge is 0.434 e. The number of primary amides is 1. The minimum atomic E-state index is -3.87. The first-order valence-electron chi connectivity index (χ1n) is 7.05. The highest BCUT2D eigenvalue weighted by Gasteiger charge is 2.39. The zero-order valence-electron chi connectivity index (χ0n) is 12.5. The van der Waals surface area contributed by atoms with Crippen LogP contribution in [0.15, 0.2) is 0 Å². The standard InChI is InChI=1S/C12H17N3O8S/c13-11(19)7-4-15(9(17)1-2-24(7,21)22)5-8(16)14-6-3-10(18)23-12(6)20/h6-7,12,20H,1-5H2,(H2,13,19)(H,14,16). The summed E-state index contributed by atoms with van der Waals surface area (Å²) in [6, 6.07) is -0.956. The number of cyclic esters (lactones) is 1. The van der Waals surface area contributed by atoms with E-state index in [-0.39, 0.29) is 12.8 Å². The van der Waals surface area contributed by atoms with Crippen molar-refractivity contribution in [3.8, 4) is 0 Å². The zero-order chi connectivity index (χ0) is 18.1. The minimum Gasteiger partial charge on any atom is -0.434 e. The van der Waals surface area contributed by atoms with Gasteiger partial charge in [-0.25, -0.2) is 8.42 Å². The molecule has 0 aromatic heterocycles. The minimum absolute atomic E-state index is 0.223. The summed E-state index contributed by atoms with van der Waals surface area (Å²) in [6.45, 7) is -1.05. The summed E-state index contributed by atoms with van der Waals surface area (Å²) >= 11 is 0. The molecule has 3 amide bonds. The van der Waals surface area contributed by atoms with Gasteiger partial charge in [-0.05, 0) is 0 Å². The van der Waals surface area contributed by atoms with Crippen LogP contribution in [-0.4, -0.2) is 78.5 Å². The molecule has 0 bridgehead atoms. The second-order valence-corrected chi connectivity index (χ2v) is 7.84. The fourth-order valence-electron chi connectivity index (χ4n) is 2.46. The van der Waals surface area contributed by atoms with Crippen molar-refractivity contribution in [2.75, 3.05) is 18.8 Å². The summed E-state index contributed by atoms with van der Waals surface area (Å²) in [6.07, 6.45) is -2.08. The van der Waals surface area contributed by atoms with Crippen LogP contribution in [0.5, 0.6) is 0 Å². The molecule has 0 saturated carbocycles. The number of nitrogens with two attached hydrogens (primary N) is 1. The summed E-state index contributed by atoms with van der Waals surface area (Å²) < 4.78 is 28.3. The van der Waals surface area contributed by atoms with Gasteiger partial charge in [0.2, 0.25) is 24.0 Å². The van der Waals surface area contributed by atoms with Crippen LogP contribution >= 0.6 is 0 Å². The highest BCUT2D eigenvalue weighted by molar-refractivity contribution is 7.92. The molecule has 11 nitrogen and oxygen atoms in total. The molecule has 2 rings (SSSR count). The highest BCUT2D eigenvalue weighted by Crippen LogP contribution is 2.15. The average Bonchev–Trinajstić information content (AvgIpc) is 2.71. The maximum atomic E-state index is 12.0. The summed E-state index contributed by atoms with van der Waals surface area (Å²) in [5.41, 5.74) is 5.07. The SMILES string of the molecule is NC(=O)C1CN(CC(=O)NC2CC(=O)OC2O)C(=O)CCS1(=O)=O. The van der Waals surface area contributed by atoms with Gasteiger partial charge in [0, 0.05) is 13.0 Å². The van der Waals surface area contributed by atoms with Crippen LogP contribution in [0.2, 0.25) is 0 Å². The van der Waals surface area contributed by atoms with E-state index >= 15 is 0 Å². The Kier molecular flexibility index (Phi) is 5.08. The van der Waals surface area contributed by atoms with Crippen LogP contribution in [0.1, 0.15) is 12.8 Å². The molecule has 0 radical (unpaired) electrons. The monoisotopic (exact) mass is 363 g/mol. The molecule has 3 unspecified atom stereocenters. The molecule has 2 heterocycles. The molecule has 134 valence electrons. The van der Waals surface area contributed by atoms with E-state index in [1.54, 1.807) is 0 Å². The third-order valence-corrected chi connectivity index (χ3v) is 5.78. The predicted molar refractivity (Wildman–Crippen MR) is 76.6 cm³/mol. The van der Waals surface area contributed by atoms with E-state index in [9.17, 15) is 32.7 Å². The summed E-state index contributed by atoms with van der Waals surface area (Å²) in [4.78, 5) is 47.2. The lowest BCUT2D eigenvalue weighted by Gasteiger charge is -2.23. The number of carbonyl (C=O) groups excluding carboxylic acids is 4. The van der Waals surface area contributed by atoms with Gasteiger partial charge in [-0.15, -0.1) is 0 Å². The normalized spacial score (nSPS) is 29.7. The third-order valence-electron chi connectivity index (χ3n) is 3.75. The van der Waals surface area contributed by atoms with Crippen molar-refractivity contribution in [1.82, 2.24) is 10.2 Å². The van der Waals surface area contributed by atoms with E-state index in [1.807, 2.05) is 0 Å². The molecule has 2 saturated heterocycles. The van der Waals surface area contributed by atoms with Crippen molar-refractivity contribution in [1.29, 1.82) is 0 Å². The van der Waals surface area contributed by atoms with Gasteiger partial charge in [0.05, 0.1) is 18.7 Å². The lowest BCUT2D eigenvalue weighted by atomic mass is 10.2. The average molecular weight is 363 g/mol. The fourth-order valence-corrected chi connectivity index (χ4v) is 3.96. The number of aliphatic hydroxyl groups is 1. The van der Waals surface area contributed by atoms with Crippen molar-refractivity contribution in [3.05, 3.63) is 0 Å². The smallest absolute Gasteiger partial charge is 0.310 e. The number of rotatable bonds is 4. The van der Waals surface area contributed by atoms with Crippen LogP contribution < -0.4 is 11.1 Å². The number of hydrogen-bond donors (Lipinski definition) is 3. The molecule has 24 heavy (non-hydrogen) atoms. The lowest BCUT2D eigenvalue weighted by Crippen LogP contribution is -2.50. The maximum Gasteiger partial charge on any atom is 0.310 e. The third kappa shape index (κ3) is 4.00. The molecule has 12 heteroatoms. The number of sulfone groups is 1. The van der Waals surface area contributed by atoms with E-state index < -0.39 is 70.0 Å². The highest BCUT2D eigenvalue weighted by atomic mass is 32.2. The molecule has 0 aliphatic carbocycles. The number of hydrogen-bond acceptors (Lipinski definition) is 8. The first-order valence-corrected chi connectivity index (χ1v) is 8.77. The van der Waals surface area contributed by atoms with E-state index in [2.05, 4.69) is 10.1 Å². The van der Waals surface area contributed by atoms with E-state index in [4.69, 9.17) is 5.73 Å². The fraction of sp³-hybridized carbons (Fsp3) is 0.667. The van der Waals surface area contributed by atoms with Crippen LogP contribution in [0, 0.1) is 0 Å². The van der Waals surface area contributed by atoms with Gasteiger partial charge in [0.25, 0.3) is 0 Å². The topological polar surface area (TPSA) is 173 Å². The van der Waals surface area contributed by atoms with E-state index in [0.717, 1.165) is 4.90 Å². The number of aliphatic hydroxyl groups excluding tert-OH is 1. The zero-order valence-corrected chi connectivity index (χ0v) is 13.3. The van der Waals surface area contributed by atoms with Crippen molar-refractivity contribution in [3.63, 3.8) is 0 Å². The number of nitrogens with zero attached hydrogens (tertiary/aromatic N) is 1. The Morgan fingerprint density at radius 3 is 2.58 bits per heavy atom. The maximum absolute atomic E-state index is 12.0. The van der Waals surface area contributed by atoms with Crippen LogP contribution in [0.4, 0.5) is 0 Å². The van der Waals surface area contributed by atoms with Crippen molar-refractivity contribution >= 4 is 33.5 Å². The first-order chi connectivity index (χ1) is 11.1. The van der Waals surface area contributed by atoms with Gasteiger partial charge in [-0.1, -0.05) is 0 Å². The molecule has 0 spiro atoms. The Morgan fingerprint density at radius 2 is 2.04 bits per heavy atom. The Balaban J connectivity index is 2.04. The summed E-state index contributed by atoms with van der Waals surface area (Å²) in [7, 11) is -3.87. The van der Waals surface area contributed by atoms with Crippen LogP contribution in [0.3, 0.4) is 0 Å². The Morgan fingerprint density at radius 1 is 1.38 bits per heavy atom. The number of nitrogens with one attached hydrogen (secondary N) is 1. The first kappa shape index (κ1) is 18.1. The number of carbonyl (C=O) groups is 4. The summed E-state index contributed by atoms with van der Waals surface area (Å²) in [5.74, 6) is -3.65. The molecular formula is C12H17N3O8S. The quantitative estimate of drug-likeness (QED) is 0.427. The second kappa shape index (κ2) is 6.73. The van der Waals surface area contributed by atoms with E-state index in [1.165, 1.54) is 0 Å². The molecule has 2 aliphatic heterocycles. The van der Waals surface area contributed by atoms with Gasteiger partial charge < -0.3 is 25.8 Å². The van der Waals surface area contributed by atoms with Crippen LogP contribution in [0.25, 0.3) is 0 Å². The Hall–Kier alpha value is -2.21. The molecule has 2 fully saturated rings. The van der Waals surface area contributed by atoms with Crippen molar-refractivity contribution < 1.29 is 37.4 Å². The van der Waals surface area contributed by atoms with Crippen molar-refractivity contribution in [2.45, 2.75) is 30.4 Å². The van der Waals surface area contributed by atoms with Gasteiger partial charge in [-0.2, -0.15) is 0 Å². The molecular weight excluding hydrogens is 346 g/mol. The van der Waals surface area contributed by atoms with Gasteiger partial charge in [-0.3, -0.25) is 19.2 Å². The summed E-state index contributed by atoms with van der Waals surface area (Å²) in [5, 5.41) is 10.1. The Bertz CT molecular complexity index is 676. The predicted octanol–water partition coefficient (Wildman–Crippen LogP) is -3.76. The molecule has 4 N–H and O–H groups in total. The number of esters is 1.